The molecule has 0 aliphatic rings. The molecule has 0 fully saturated rings. The number of thioether (sulfide) groups is 1. The van der Waals surface area contributed by atoms with Crippen molar-refractivity contribution >= 4 is 11.8 Å². The molecule has 100 valence electrons. The van der Waals surface area contributed by atoms with Crippen LogP contribution in [0.25, 0.3) is 0 Å². The third-order valence-corrected chi connectivity index (χ3v) is 4.30. The van der Waals surface area contributed by atoms with Gasteiger partial charge in [0.2, 0.25) is 0 Å². The van der Waals surface area contributed by atoms with Crippen molar-refractivity contribution in [2.24, 2.45) is 0 Å². The highest BCUT2D eigenvalue weighted by Gasteiger charge is 1.96. The molecular formula is C18H22S. The molecule has 19 heavy (non-hydrogen) atoms. The van der Waals surface area contributed by atoms with Crippen LogP contribution in [0, 0.1) is 13.8 Å². The van der Waals surface area contributed by atoms with E-state index in [0.717, 1.165) is 0 Å². The predicted molar refractivity (Wildman–Crippen MR) is 87.1 cm³/mol. The van der Waals surface area contributed by atoms with Gasteiger partial charge in [-0.05, 0) is 49.3 Å². The Labute approximate surface area is 121 Å². The van der Waals surface area contributed by atoms with Crippen LogP contribution in [-0.4, -0.2) is 11.5 Å². The van der Waals surface area contributed by atoms with E-state index in [-0.39, 0.29) is 0 Å². The number of benzene rings is 2. The van der Waals surface area contributed by atoms with Crippen molar-refractivity contribution in [1.29, 1.82) is 0 Å². The van der Waals surface area contributed by atoms with Gasteiger partial charge in [-0.1, -0.05) is 59.7 Å². The number of hydrogen-bond acceptors (Lipinski definition) is 1. The van der Waals surface area contributed by atoms with Gasteiger partial charge in [0, 0.05) is 0 Å². The van der Waals surface area contributed by atoms with Crippen LogP contribution in [0.2, 0.25) is 0 Å². The Balaban J connectivity index is 1.64. The van der Waals surface area contributed by atoms with Crippen molar-refractivity contribution in [3.63, 3.8) is 0 Å². The minimum absolute atomic E-state index is 1.18. The molecule has 0 saturated carbocycles. The Kier molecular flexibility index (Phi) is 5.53. The van der Waals surface area contributed by atoms with E-state index in [1.54, 1.807) is 0 Å². The Morgan fingerprint density at radius 3 is 1.37 bits per heavy atom. The fraction of sp³-hybridized carbons (Fsp3) is 0.333. The van der Waals surface area contributed by atoms with Gasteiger partial charge in [0.05, 0.1) is 0 Å². The van der Waals surface area contributed by atoms with Gasteiger partial charge in [0.25, 0.3) is 0 Å². The first-order chi connectivity index (χ1) is 9.24. The van der Waals surface area contributed by atoms with Crippen LogP contribution in [0.4, 0.5) is 0 Å². The number of aryl methyl sites for hydroxylation is 4. The lowest BCUT2D eigenvalue weighted by atomic mass is 10.1. The molecule has 0 atom stereocenters. The van der Waals surface area contributed by atoms with Crippen molar-refractivity contribution < 1.29 is 0 Å². The molecule has 0 spiro atoms. The van der Waals surface area contributed by atoms with E-state index in [1.807, 2.05) is 0 Å². The topological polar surface area (TPSA) is 0 Å². The molecule has 0 amide bonds. The van der Waals surface area contributed by atoms with Gasteiger partial charge in [0.15, 0.2) is 0 Å². The monoisotopic (exact) mass is 270 g/mol. The van der Waals surface area contributed by atoms with E-state index in [2.05, 4.69) is 74.1 Å². The normalized spacial score (nSPS) is 10.6. The maximum Gasteiger partial charge on any atom is -0.00269 e. The van der Waals surface area contributed by atoms with Crippen LogP contribution in [-0.2, 0) is 12.8 Å². The summed E-state index contributed by atoms with van der Waals surface area (Å²) in [6, 6.07) is 17.8. The maximum absolute atomic E-state index is 2.25. The second-order valence-electron chi connectivity index (χ2n) is 5.08. The van der Waals surface area contributed by atoms with Gasteiger partial charge in [-0.2, -0.15) is 11.8 Å². The smallest absolute Gasteiger partial charge is 0.00269 e. The molecule has 0 N–H and O–H groups in total. The molecule has 0 aliphatic heterocycles. The molecule has 0 unspecified atom stereocenters. The molecule has 0 bridgehead atoms. The predicted octanol–water partition coefficient (Wildman–Crippen LogP) is 4.82. The number of hydrogen-bond donors (Lipinski definition) is 0. The summed E-state index contributed by atoms with van der Waals surface area (Å²) >= 11 is 2.05. The molecule has 0 nitrogen and oxygen atoms in total. The summed E-state index contributed by atoms with van der Waals surface area (Å²) in [4.78, 5) is 0. The first-order valence-electron chi connectivity index (χ1n) is 6.93. The first kappa shape index (κ1) is 14.2. The Bertz CT molecular complexity index is 435. The quantitative estimate of drug-likeness (QED) is 0.678. The molecule has 0 aliphatic carbocycles. The van der Waals surface area contributed by atoms with E-state index in [1.165, 1.54) is 46.6 Å². The van der Waals surface area contributed by atoms with Gasteiger partial charge in [-0.3, -0.25) is 0 Å². The van der Waals surface area contributed by atoms with Crippen LogP contribution in [0.1, 0.15) is 22.3 Å². The lowest BCUT2D eigenvalue weighted by Gasteiger charge is -2.04. The molecule has 2 rings (SSSR count). The van der Waals surface area contributed by atoms with Gasteiger partial charge in [-0.15, -0.1) is 0 Å². The van der Waals surface area contributed by atoms with Gasteiger partial charge in [0.1, 0.15) is 0 Å². The largest absolute Gasteiger partial charge is 0.161 e. The molecule has 1 heteroatoms. The van der Waals surface area contributed by atoms with Crippen LogP contribution < -0.4 is 0 Å². The highest BCUT2D eigenvalue weighted by molar-refractivity contribution is 7.99. The minimum atomic E-state index is 1.18. The van der Waals surface area contributed by atoms with Crippen LogP contribution in [0.15, 0.2) is 48.5 Å². The van der Waals surface area contributed by atoms with Crippen molar-refractivity contribution in [3.05, 3.63) is 70.8 Å². The third kappa shape index (κ3) is 5.12. The summed E-state index contributed by atoms with van der Waals surface area (Å²) in [5, 5.41) is 0. The summed E-state index contributed by atoms with van der Waals surface area (Å²) in [5.41, 5.74) is 5.59. The zero-order valence-electron chi connectivity index (χ0n) is 11.9. The van der Waals surface area contributed by atoms with Gasteiger partial charge in [-0.25, -0.2) is 0 Å². The second-order valence-corrected chi connectivity index (χ2v) is 6.31. The van der Waals surface area contributed by atoms with Crippen molar-refractivity contribution in [2.75, 3.05) is 11.5 Å². The maximum atomic E-state index is 2.25. The molecule has 0 heterocycles. The molecule has 2 aromatic carbocycles. The van der Waals surface area contributed by atoms with Crippen LogP contribution in [0.5, 0.6) is 0 Å². The van der Waals surface area contributed by atoms with E-state index in [9.17, 15) is 0 Å². The molecule has 2 aromatic rings. The summed E-state index contributed by atoms with van der Waals surface area (Å²) in [6.07, 6.45) is 2.36. The van der Waals surface area contributed by atoms with Crippen molar-refractivity contribution in [2.45, 2.75) is 26.7 Å². The lowest BCUT2D eigenvalue weighted by molar-refractivity contribution is 1.12. The van der Waals surface area contributed by atoms with E-state index >= 15 is 0 Å². The Morgan fingerprint density at radius 2 is 1.00 bits per heavy atom. The fourth-order valence-electron chi connectivity index (χ4n) is 1.99. The Hall–Kier alpha value is -1.21. The average molecular weight is 270 g/mol. The highest BCUT2D eigenvalue weighted by atomic mass is 32.2. The fourth-order valence-corrected chi connectivity index (χ4v) is 2.96. The standard InChI is InChI=1S/C18H22S/c1-15-3-7-17(8-4-15)11-13-19-14-12-18-9-5-16(2)6-10-18/h3-10H,11-14H2,1-2H3. The SMILES string of the molecule is Cc1ccc(CCSCCc2ccc(C)cc2)cc1. The summed E-state index contributed by atoms with van der Waals surface area (Å²) in [7, 11) is 0. The molecule has 0 aromatic heterocycles. The average Bonchev–Trinajstić information content (AvgIpc) is 2.43. The summed E-state index contributed by atoms with van der Waals surface area (Å²) in [5.74, 6) is 2.43. The zero-order valence-corrected chi connectivity index (χ0v) is 12.7. The van der Waals surface area contributed by atoms with Crippen molar-refractivity contribution in [1.82, 2.24) is 0 Å². The number of rotatable bonds is 6. The molecular weight excluding hydrogens is 248 g/mol. The molecule has 0 saturated heterocycles. The van der Waals surface area contributed by atoms with E-state index in [4.69, 9.17) is 0 Å². The first-order valence-corrected chi connectivity index (χ1v) is 8.08. The van der Waals surface area contributed by atoms with Crippen molar-refractivity contribution in [3.8, 4) is 0 Å². The van der Waals surface area contributed by atoms with Gasteiger partial charge < -0.3 is 0 Å². The van der Waals surface area contributed by atoms with E-state index < -0.39 is 0 Å². The van der Waals surface area contributed by atoms with Crippen LogP contribution in [0.3, 0.4) is 0 Å². The highest BCUT2D eigenvalue weighted by Crippen LogP contribution is 2.11. The zero-order chi connectivity index (χ0) is 13.5. The minimum Gasteiger partial charge on any atom is -0.161 e. The summed E-state index contributed by atoms with van der Waals surface area (Å²) < 4.78 is 0. The van der Waals surface area contributed by atoms with Gasteiger partial charge >= 0.3 is 0 Å². The summed E-state index contributed by atoms with van der Waals surface area (Å²) in [6.45, 7) is 4.28. The Morgan fingerprint density at radius 1 is 0.632 bits per heavy atom. The van der Waals surface area contributed by atoms with E-state index in [0.29, 0.717) is 0 Å². The third-order valence-electron chi connectivity index (χ3n) is 3.31. The van der Waals surface area contributed by atoms with Crippen LogP contribution >= 0.6 is 11.8 Å². The lowest BCUT2D eigenvalue weighted by Crippen LogP contribution is -1.93. The second kappa shape index (κ2) is 7.40. The molecule has 0 radical (unpaired) electrons.